The highest BCUT2D eigenvalue weighted by molar-refractivity contribution is 9.10. The number of aromatic nitrogens is 2. The van der Waals surface area contributed by atoms with Gasteiger partial charge in [-0.15, -0.1) is 0 Å². The van der Waals surface area contributed by atoms with Gasteiger partial charge in [0.15, 0.2) is 0 Å². The van der Waals surface area contributed by atoms with Gasteiger partial charge in [-0.2, -0.15) is 9.78 Å². The van der Waals surface area contributed by atoms with E-state index in [-0.39, 0.29) is 22.1 Å². The molecule has 29 heavy (non-hydrogen) atoms. The van der Waals surface area contributed by atoms with Gasteiger partial charge in [-0.1, -0.05) is 41.4 Å². The zero-order valence-corrected chi connectivity index (χ0v) is 17.8. The van der Waals surface area contributed by atoms with Crippen molar-refractivity contribution in [1.82, 2.24) is 9.66 Å². The van der Waals surface area contributed by atoms with Crippen molar-refractivity contribution < 1.29 is 10.0 Å². The number of nitro benzene ring substituents is 1. The summed E-state index contributed by atoms with van der Waals surface area (Å²) in [4.78, 5) is 28.0. The molecular formula is C19H16BrClN4O4. The predicted octanol–water partition coefficient (Wildman–Crippen LogP) is 4.82. The fourth-order valence-electron chi connectivity index (χ4n) is 2.72. The summed E-state index contributed by atoms with van der Waals surface area (Å²) < 4.78 is 1.92. The van der Waals surface area contributed by atoms with Gasteiger partial charge >= 0.3 is 5.69 Å². The van der Waals surface area contributed by atoms with Crippen molar-refractivity contribution in [2.24, 2.45) is 5.10 Å². The number of hydrogen-bond acceptors (Lipinski definition) is 6. The standard InChI is InChI=1S/C19H16BrClN4O4/c1-3-10(2)18-23-15-5-4-12(20)8-13(15)19(27)24(18)22-9-11-6-14(21)17(26)16(7-11)25(28)29/h4-10,26H,3H2,1-2H3/t10-/m1/s1. The number of aromatic hydroxyl groups is 1. The summed E-state index contributed by atoms with van der Waals surface area (Å²) in [5, 5.41) is 25.3. The van der Waals surface area contributed by atoms with Crippen LogP contribution in [0.4, 0.5) is 5.69 Å². The molecule has 1 atom stereocenters. The molecule has 1 aromatic heterocycles. The van der Waals surface area contributed by atoms with Crippen molar-refractivity contribution in [2.45, 2.75) is 26.2 Å². The van der Waals surface area contributed by atoms with E-state index in [1.54, 1.807) is 18.2 Å². The van der Waals surface area contributed by atoms with E-state index in [1.165, 1.54) is 17.0 Å². The summed E-state index contributed by atoms with van der Waals surface area (Å²) in [6.45, 7) is 3.90. The smallest absolute Gasteiger partial charge is 0.312 e. The van der Waals surface area contributed by atoms with Crippen LogP contribution in [0.15, 0.2) is 44.7 Å². The summed E-state index contributed by atoms with van der Waals surface area (Å²) in [5.41, 5.74) is -0.0876. The topological polar surface area (TPSA) is 111 Å². The second kappa shape index (κ2) is 8.30. The zero-order valence-electron chi connectivity index (χ0n) is 15.5. The molecule has 10 heteroatoms. The molecule has 0 saturated carbocycles. The lowest BCUT2D eigenvalue weighted by atomic mass is 10.1. The van der Waals surface area contributed by atoms with Gasteiger partial charge in [0, 0.05) is 22.0 Å². The first-order valence-electron chi connectivity index (χ1n) is 8.66. The van der Waals surface area contributed by atoms with Crippen LogP contribution in [-0.2, 0) is 0 Å². The number of halogens is 2. The van der Waals surface area contributed by atoms with Crippen molar-refractivity contribution >= 4 is 50.3 Å². The molecule has 3 rings (SSSR count). The molecule has 8 nitrogen and oxygen atoms in total. The predicted molar refractivity (Wildman–Crippen MR) is 115 cm³/mol. The highest BCUT2D eigenvalue weighted by Gasteiger charge is 2.18. The molecule has 3 aromatic rings. The Kier molecular flexibility index (Phi) is 5.99. The molecule has 0 amide bonds. The van der Waals surface area contributed by atoms with Gasteiger partial charge in [0.1, 0.15) is 5.82 Å². The second-order valence-electron chi connectivity index (χ2n) is 6.43. The lowest BCUT2D eigenvalue weighted by Gasteiger charge is -2.14. The molecule has 0 aliphatic carbocycles. The molecule has 0 fully saturated rings. The molecule has 150 valence electrons. The molecule has 0 spiro atoms. The highest BCUT2D eigenvalue weighted by atomic mass is 79.9. The number of nitrogens with zero attached hydrogens (tertiary/aromatic N) is 4. The summed E-state index contributed by atoms with van der Waals surface area (Å²) >= 11 is 9.22. The van der Waals surface area contributed by atoms with Crippen molar-refractivity contribution in [3.8, 4) is 5.75 Å². The monoisotopic (exact) mass is 478 g/mol. The van der Waals surface area contributed by atoms with E-state index in [4.69, 9.17) is 11.6 Å². The van der Waals surface area contributed by atoms with E-state index in [2.05, 4.69) is 26.0 Å². The molecule has 0 saturated heterocycles. The van der Waals surface area contributed by atoms with Gasteiger partial charge in [-0.05, 0) is 30.7 Å². The molecule has 1 N–H and O–H groups in total. The van der Waals surface area contributed by atoms with Crippen LogP contribution < -0.4 is 5.56 Å². The van der Waals surface area contributed by atoms with Gasteiger partial charge in [-0.3, -0.25) is 14.9 Å². The average molecular weight is 480 g/mol. The Labute approximate surface area is 178 Å². The van der Waals surface area contributed by atoms with Crippen LogP contribution in [-0.4, -0.2) is 25.9 Å². The number of nitro groups is 1. The summed E-state index contributed by atoms with van der Waals surface area (Å²) in [7, 11) is 0. The first-order chi connectivity index (χ1) is 13.7. The van der Waals surface area contributed by atoms with Crippen molar-refractivity contribution in [2.75, 3.05) is 0 Å². The van der Waals surface area contributed by atoms with Crippen LogP contribution in [0.2, 0.25) is 5.02 Å². The van der Waals surface area contributed by atoms with Crippen molar-refractivity contribution in [3.05, 3.63) is 71.7 Å². The van der Waals surface area contributed by atoms with Crippen LogP contribution in [0, 0.1) is 10.1 Å². The summed E-state index contributed by atoms with van der Waals surface area (Å²) in [5.74, 6) is -0.197. The van der Waals surface area contributed by atoms with Crippen LogP contribution >= 0.6 is 27.5 Å². The zero-order chi connectivity index (χ0) is 21.3. The van der Waals surface area contributed by atoms with E-state index in [9.17, 15) is 20.0 Å². The van der Waals surface area contributed by atoms with Gasteiger partial charge < -0.3 is 5.11 Å². The number of fused-ring (bicyclic) bond motifs is 1. The van der Waals surface area contributed by atoms with E-state index in [0.717, 1.165) is 17.0 Å². The number of phenols is 1. The van der Waals surface area contributed by atoms with Crippen LogP contribution in [0.5, 0.6) is 5.75 Å². The summed E-state index contributed by atoms with van der Waals surface area (Å²) in [6.07, 6.45) is 2.01. The van der Waals surface area contributed by atoms with Gasteiger partial charge in [0.05, 0.1) is 27.1 Å². The molecule has 1 heterocycles. The minimum Gasteiger partial charge on any atom is -0.501 e. The first kappa shape index (κ1) is 20.9. The molecule has 0 unspecified atom stereocenters. The maximum absolute atomic E-state index is 13.1. The third-order valence-electron chi connectivity index (χ3n) is 4.47. The van der Waals surface area contributed by atoms with Gasteiger partial charge in [-0.25, -0.2) is 4.98 Å². The minimum absolute atomic E-state index is 0.0503. The van der Waals surface area contributed by atoms with E-state index in [0.29, 0.717) is 16.7 Å². The molecule has 0 aliphatic rings. The number of rotatable bonds is 5. The Balaban J connectivity index is 2.20. The molecule has 0 bridgehead atoms. The SMILES string of the molecule is CC[C@@H](C)c1nc2ccc(Br)cc2c(=O)n1N=Cc1cc(Cl)c(O)c([N+](=O)[O-])c1. The van der Waals surface area contributed by atoms with Gasteiger partial charge in [0.2, 0.25) is 5.75 Å². The van der Waals surface area contributed by atoms with Crippen LogP contribution in [0.25, 0.3) is 10.9 Å². The lowest BCUT2D eigenvalue weighted by molar-refractivity contribution is -0.385. The van der Waals surface area contributed by atoms with Crippen molar-refractivity contribution in [1.29, 1.82) is 0 Å². The number of hydrogen-bond donors (Lipinski definition) is 1. The Morgan fingerprint density at radius 1 is 1.41 bits per heavy atom. The molecule has 2 aromatic carbocycles. The Hall–Kier alpha value is -2.78. The van der Waals surface area contributed by atoms with Gasteiger partial charge in [0.25, 0.3) is 5.56 Å². The van der Waals surface area contributed by atoms with E-state index >= 15 is 0 Å². The van der Waals surface area contributed by atoms with Crippen molar-refractivity contribution in [3.63, 3.8) is 0 Å². The highest BCUT2D eigenvalue weighted by Crippen LogP contribution is 2.34. The quantitative estimate of drug-likeness (QED) is 0.320. The molecule has 0 radical (unpaired) electrons. The lowest BCUT2D eigenvalue weighted by Crippen LogP contribution is -2.23. The third kappa shape index (κ3) is 4.15. The Morgan fingerprint density at radius 3 is 2.79 bits per heavy atom. The second-order valence-corrected chi connectivity index (χ2v) is 7.75. The fraction of sp³-hybridized carbons (Fsp3) is 0.211. The fourth-order valence-corrected chi connectivity index (χ4v) is 3.31. The minimum atomic E-state index is -0.746. The maximum atomic E-state index is 13.1. The van der Waals surface area contributed by atoms with E-state index < -0.39 is 16.4 Å². The third-order valence-corrected chi connectivity index (χ3v) is 5.25. The van der Waals surface area contributed by atoms with Crippen LogP contribution in [0.1, 0.15) is 37.6 Å². The number of benzene rings is 2. The Morgan fingerprint density at radius 2 is 2.14 bits per heavy atom. The largest absolute Gasteiger partial charge is 0.501 e. The Bertz CT molecular complexity index is 1210. The van der Waals surface area contributed by atoms with E-state index in [1.807, 2.05) is 13.8 Å². The number of phenolic OH excluding ortho intramolecular Hbond substituents is 1. The first-order valence-corrected chi connectivity index (χ1v) is 9.83. The normalized spacial score (nSPS) is 12.6. The van der Waals surface area contributed by atoms with Crippen LogP contribution in [0.3, 0.4) is 0 Å². The molecule has 0 aliphatic heterocycles. The molecular weight excluding hydrogens is 464 g/mol. The average Bonchev–Trinajstić information content (AvgIpc) is 2.69. The maximum Gasteiger partial charge on any atom is 0.312 e. The summed E-state index contributed by atoms with van der Waals surface area (Å²) in [6, 6.07) is 7.68.